The Kier molecular flexibility index (Phi) is 5.11. The third-order valence-electron chi connectivity index (χ3n) is 3.86. The van der Waals surface area contributed by atoms with E-state index in [0.29, 0.717) is 23.8 Å². The van der Waals surface area contributed by atoms with Crippen LogP contribution in [0, 0.1) is 0 Å². The van der Waals surface area contributed by atoms with Crippen LogP contribution in [0.1, 0.15) is 28.8 Å². The first-order valence-electron chi connectivity index (χ1n) is 8.17. The van der Waals surface area contributed by atoms with Crippen LogP contribution in [0.2, 0.25) is 0 Å². The van der Waals surface area contributed by atoms with E-state index < -0.39 is 0 Å². The lowest BCUT2D eigenvalue weighted by molar-refractivity contribution is -0.119. The molecular weight excluding hydrogens is 302 g/mol. The number of hydrogen-bond donors (Lipinski definition) is 3. The van der Waals surface area contributed by atoms with Crippen molar-refractivity contribution in [2.45, 2.75) is 25.4 Å². The minimum atomic E-state index is -0.115. The molecular formula is C19H21N3O2. The van der Waals surface area contributed by atoms with Crippen LogP contribution in [0.3, 0.4) is 0 Å². The van der Waals surface area contributed by atoms with Crippen LogP contribution in [-0.4, -0.2) is 24.4 Å². The molecule has 0 heterocycles. The molecule has 2 amide bonds. The first-order valence-corrected chi connectivity index (χ1v) is 8.17. The third kappa shape index (κ3) is 4.59. The van der Waals surface area contributed by atoms with E-state index >= 15 is 0 Å². The van der Waals surface area contributed by atoms with Gasteiger partial charge in [-0.15, -0.1) is 0 Å². The van der Waals surface area contributed by atoms with Crippen molar-refractivity contribution in [3.63, 3.8) is 0 Å². The summed E-state index contributed by atoms with van der Waals surface area (Å²) < 4.78 is 0. The molecule has 1 fully saturated rings. The molecule has 0 aliphatic heterocycles. The van der Waals surface area contributed by atoms with E-state index in [1.165, 1.54) is 0 Å². The van der Waals surface area contributed by atoms with Gasteiger partial charge in [-0.2, -0.15) is 0 Å². The Morgan fingerprint density at radius 2 is 1.67 bits per heavy atom. The van der Waals surface area contributed by atoms with Gasteiger partial charge in [-0.05, 0) is 30.5 Å². The van der Waals surface area contributed by atoms with E-state index in [1.54, 1.807) is 6.07 Å². The first kappa shape index (κ1) is 16.1. The predicted molar refractivity (Wildman–Crippen MR) is 93.7 cm³/mol. The molecule has 1 aliphatic rings. The molecule has 2 aromatic carbocycles. The first-order chi connectivity index (χ1) is 11.7. The van der Waals surface area contributed by atoms with Gasteiger partial charge in [0.05, 0.1) is 12.1 Å². The largest absolute Gasteiger partial charge is 0.376 e. The second kappa shape index (κ2) is 7.64. The highest BCUT2D eigenvalue weighted by atomic mass is 16.2. The molecule has 3 rings (SSSR count). The second-order valence-corrected chi connectivity index (χ2v) is 5.91. The zero-order valence-corrected chi connectivity index (χ0v) is 13.4. The van der Waals surface area contributed by atoms with Crippen molar-refractivity contribution in [3.05, 3.63) is 65.7 Å². The molecule has 0 saturated heterocycles. The summed E-state index contributed by atoms with van der Waals surface area (Å²) in [6.07, 6.45) is 2.09. The number of rotatable bonds is 7. The predicted octanol–water partition coefficient (Wildman–Crippen LogP) is 2.31. The van der Waals surface area contributed by atoms with E-state index in [1.807, 2.05) is 48.5 Å². The maximum Gasteiger partial charge on any atom is 0.253 e. The number of benzene rings is 2. The minimum absolute atomic E-state index is 0.0923. The smallest absolute Gasteiger partial charge is 0.253 e. The number of para-hydroxylation sites is 1. The topological polar surface area (TPSA) is 70.2 Å². The summed E-state index contributed by atoms with van der Waals surface area (Å²) in [6, 6.07) is 17.3. The number of carbonyl (C=O) groups is 2. The van der Waals surface area contributed by atoms with Crippen LogP contribution in [0.25, 0.3) is 0 Å². The Morgan fingerprint density at radius 1 is 0.958 bits per heavy atom. The molecule has 0 unspecified atom stereocenters. The normalized spacial score (nSPS) is 13.2. The molecule has 2 aromatic rings. The molecule has 0 bridgehead atoms. The number of amides is 2. The van der Waals surface area contributed by atoms with Gasteiger partial charge < -0.3 is 16.0 Å². The van der Waals surface area contributed by atoms with E-state index in [9.17, 15) is 9.59 Å². The summed E-state index contributed by atoms with van der Waals surface area (Å²) in [5.41, 5.74) is 2.29. The lowest BCUT2D eigenvalue weighted by Gasteiger charge is -2.12. The van der Waals surface area contributed by atoms with Gasteiger partial charge in [-0.1, -0.05) is 42.5 Å². The Hall–Kier alpha value is -2.82. The number of carbonyl (C=O) groups excluding carboxylic acids is 2. The van der Waals surface area contributed by atoms with Gasteiger partial charge in [-0.3, -0.25) is 9.59 Å². The maximum atomic E-state index is 12.2. The summed E-state index contributed by atoms with van der Waals surface area (Å²) in [7, 11) is 0. The van der Waals surface area contributed by atoms with Gasteiger partial charge in [0, 0.05) is 18.3 Å². The average molecular weight is 323 g/mol. The fourth-order valence-electron chi connectivity index (χ4n) is 2.36. The average Bonchev–Trinajstić information content (AvgIpc) is 3.43. The van der Waals surface area contributed by atoms with E-state index in [0.717, 1.165) is 18.4 Å². The zero-order valence-electron chi connectivity index (χ0n) is 13.4. The molecule has 5 nitrogen and oxygen atoms in total. The number of nitrogens with one attached hydrogen (secondary N) is 3. The second-order valence-electron chi connectivity index (χ2n) is 5.91. The molecule has 0 radical (unpaired) electrons. The number of hydrogen-bond acceptors (Lipinski definition) is 3. The Labute approximate surface area is 141 Å². The third-order valence-corrected chi connectivity index (χ3v) is 3.86. The standard InChI is InChI=1S/C19H21N3O2/c23-18(21-12-14-6-2-1-3-7-14)13-20-17-9-5-4-8-16(17)19(24)22-15-10-11-15/h1-9,15,20H,10-13H2,(H,21,23)(H,22,24). The monoisotopic (exact) mass is 323 g/mol. The number of anilines is 1. The highest BCUT2D eigenvalue weighted by molar-refractivity contribution is 6.00. The minimum Gasteiger partial charge on any atom is -0.376 e. The van der Waals surface area contributed by atoms with Crippen LogP contribution in [0.5, 0.6) is 0 Å². The van der Waals surface area contributed by atoms with Crippen molar-refractivity contribution in [2.75, 3.05) is 11.9 Å². The molecule has 24 heavy (non-hydrogen) atoms. The van der Waals surface area contributed by atoms with Crippen LogP contribution < -0.4 is 16.0 Å². The Balaban J connectivity index is 1.52. The lowest BCUT2D eigenvalue weighted by atomic mass is 10.1. The summed E-state index contributed by atoms with van der Waals surface area (Å²) in [5, 5.41) is 8.87. The van der Waals surface area contributed by atoms with Crippen molar-refractivity contribution in [1.29, 1.82) is 0 Å². The SMILES string of the molecule is O=C(CNc1ccccc1C(=O)NC1CC1)NCc1ccccc1. The summed E-state index contributed by atoms with van der Waals surface area (Å²) >= 11 is 0. The van der Waals surface area contributed by atoms with Gasteiger partial charge in [0.15, 0.2) is 0 Å². The molecule has 0 atom stereocenters. The fourth-order valence-corrected chi connectivity index (χ4v) is 2.36. The van der Waals surface area contributed by atoms with Crippen molar-refractivity contribution < 1.29 is 9.59 Å². The van der Waals surface area contributed by atoms with Gasteiger partial charge in [-0.25, -0.2) is 0 Å². The molecule has 124 valence electrons. The van der Waals surface area contributed by atoms with E-state index in [4.69, 9.17) is 0 Å². The van der Waals surface area contributed by atoms with Gasteiger partial charge in [0.25, 0.3) is 5.91 Å². The van der Waals surface area contributed by atoms with Crippen molar-refractivity contribution in [1.82, 2.24) is 10.6 Å². The molecule has 1 saturated carbocycles. The summed E-state index contributed by atoms with van der Waals surface area (Å²) in [5.74, 6) is -0.207. The van der Waals surface area contributed by atoms with Gasteiger partial charge in [0.2, 0.25) is 5.91 Å². The maximum absolute atomic E-state index is 12.2. The van der Waals surface area contributed by atoms with Crippen molar-refractivity contribution >= 4 is 17.5 Å². The highest BCUT2D eigenvalue weighted by Crippen LogP contribution is 2.21. The zero-order chi connectivity index (χ0) is 16.8. The summed E-state index contributed by atoms with van der Waals surface area (Å²) in [6.45, 7) is 0.617. The summed E-state index contributed by atoms with van der Waals surface area (Å²) in [4.78, 5) is 24.2. The Morgan fingerprint density at radius 3 is 2.42 bits per heavy atom. The molecule has 0 spiro atoms. The molecule has 3 N–H and O–H groups in total. The molecule has 0 aromatic heterocycles. The fraction of sp³-hybridized carbons (Fsp3) is 0.263. The highest BCUT2D eigenvalue weighted by Gasteiger charge is 2.24. The quantitative estimate of drug-likeness (QED) is 0.732. The Bertz CT molecular complexity index is 712. The molecule has 5 heteroatoms. The molecule has 1 aliphatic carbocycles. The van der Waals surface area contributed by atoms with Crippen LogP contribution in [0.15, 0.2) is 54.6 Å². The van der Waals surface area contributed by atoms with E-state index in [-0.39, 0.29) is 18.4 Å². The lowest BCUT2D eigenvalue weighted by Crippen LogP contribution is -2.30. The van der Waals surface area contributed by atoms with Crippen molar-refractivity contribution in [2.24, 2.45) is 0 Å². The van der Waals surface area contributed by atoms with Gasteiger partial charge >= 0.3 is 0 Å². The van der Waals surface area contributed by atoms with Crippen LogP contribution in [-0.2, 0) is 11.3 Å². The van der Waals surface area contributed by atoms with Gasteiger partial charge in [0.1, 0.15) is 0 Å². The van der Waals surface area contributed by atoms with Crippen LogP contribution in [0.4, 0.5) is 5.69 Å². The van der Waals surface area contributed by atoms with E-state index in [2.05, 4.69) is 16.0 Å². The van der Waals surface area contributed by atoms with Crippen LogP contribution >= 0.6 is 0 Å². The van der Waals surface area contributed by atoms with Crippen molar-refractivity contribution in [3.8, 4) is 0 Å².